The van der Waals surface area contributed by atoms with Gasteiger partial charge in [-0.3, -0.25) is 9.59 Å². The van der Waals surface area contributed by atoms with E-state index in [1.807, 2.05) is 29.2 Å². The largest absolute Gasteiger partial charge is 0.381 e. The number of carbonyl (C=O) groups is 2. The number of methoxy groups -OCH3 is 1. The minimum atomic E-state index is -0.220. The van der Waals surface area contributed by atoms with Crippen molar-refractivity contribution in [3.63, 3.8) is 0 Å². The second-order valence-corrected chi connectivity index (χ2v) is 6.69. The number of rotatable bonds is 4. The third-order valence-corrected chi connectivity index (χ3v) is 5.22. The Hall–Kier alpha value is -1.88. The monoisotopic (exact) mass is 330 g/mol. The summed E-state index contributed by atoms with van der Waals surface area (Å²) < 4.78 is 5.36. The van der Waals surface area contributed by atoms with Crippen LogP contribution in [-0.4, -0.2) is 49.6 Å². The molecule has 0 bridgehead atoms. The molecule has 1 aromatic carbocycles. The van der Waals surface area contributed by atoms with Crippen molar-refractivity contribution in [2.45, 2.75) is 38.7 Å². The second kappa shape index (κ2) is 7.34. The standard InChI is InChI=1S/C19H26N2O3/c1-3-14-4-6-16(7-5-14)21-13-15(12-18(21)22)19(23)20-10-8-17(24-2)9-11-20/h4-7,15,17H,3,8-13H2,1-2H3. The third kappa shape index (κ3) is 3.46. The molecule has 2 aliphatic rings. The van der Waals surface area contributed by atoms with Gasteiger partial charge in [0, 0.05) is 38.9 Å². The maximum atomic E-state index is 12.7. The van der Waals surface area contributed by atoms with Crippen molar-refractivity contribution in [2.75, 3.05) is 31.6 Å². The van der Waals surface area contributed by atoms with Gasteiger partial charge in [0.2, 0.25) is 11.8 Å². The van der Waals surface area contributed by atoms with E-state index in [9.17, 15) is 9.59 Å². The summed E-state index contributed by atoms with van der Waals surface area (Å²) >= 11 is 0. The van der Waals surface area contributed by atoms with Crippen LogP contribution in [0.4, 0.5) is 5.69 Å². The number of likely N-dealkylation sites (tertiary alicyclic amines) is 1. The Morgan fingerprint density at radius 1 is 1.21 bits per heavy atom. The van der Waals surface area contributed by atoms with E-state index in [4.69, 9.17) is 4.74 Å². The SMILES string of the molecule is CCc1ccc(N2CC(C(=O)N3CCC(OC)CC3)CC2=O)cc1. The maximum Gasteiger partial charge on any atom is 0.228 e. The minimum Gasteiger partial charge on any atom is -0.381 e. The third-order valence-electron chi connectivity index (χ3n) is 5.22. The van der Waals surface area contributed by atoms with Crippen LogP contribution in [0.5, 0.6) is 0 Å². The first kappa shape index (κ1) is 17.0. The molecule has 3 rings (SSSR count). The summed E-state index contributed by atoms with van der Waals surface area (Å²) in [5, 5.41) is 0. The van der Waals surface area contributed by atoms with Crippen LogP contribution in [0.1, 0.15) is 31.7 Å². The maximum absolute atomic E-state index is 12.7. The van der Waals surface area contributed by atoms with Crippen LogP contribution in [-0.2, 0) is 20.7 Å². The Morgan fingerprint density at radius 2 is 1.88 bits per heavy atom. The van der Waals surface area contributed by atoms with Crippen LogP contribution in [0.25, 0.3) is 0 Å². The number of hydrogen-bond donors (Lipinski definition) is 0. The molecule has 5 nitrogen and oxygen atoms in total. The van der Waals surface area contributed by atoms with Gasteiger partial charge in [-0.15, -0.1) is 0 Å². The second-order valence-electron chi connectivity index (χ2n) is 6.69. The summed E-state index contributed by atoms with van der Waals surface area (Å²) in [5.41, 5.74) is 2.14. The predicted molar refractivity (Wildman–Crippen MR) is 92.9 cm³/mol. The van der Waals surface area contributed by atoms with Gasteiger partial charge in [-0.2, -0.15) is 0 Å². The molecule has 0 radical (unpaired) electrons. The summed E-state index contributed by atoms with van der Waals surface area (Å²) in [7, 11) is 1.72. The molecule has 0 N–H and O–H groups in total. The van der Waals surface area contributed by atoms with Gasteiger partial charge in [0.25, 0.3) is 0 Å². The molecule has 5 heteroatoms. The first-order chi connectivity index (χ1) is 11.6. The van der Waals surface area contributed by atoms with E-state index in [0.717, 1.165) is 38.0 Å². The van der Waals surface area contributed by atoms with Gasteiger partial charge in [-0.1, -0.05) is 19.1 Å². The van der Waals surface area contributed by atoms with Crippen molar-refractivity contribution in [2.24, 2.45) is 5.92 Å². The predicted octanol–water partition coefficient (Wildman–Crippen LogP) is 2.24. The average molecular weight is 330 g/mol. The van der Waals surface area contributed by atoms with E-state index < -0.39 is 0 Å². The molecule has 2 fully saturated rings. The Bertz CT molecular complexity index is 591. The first-order valence-corrected chi connectivity index (χ1v) is 8.83. The Morgan fingerprint density at radius 3 is 2.46 bits per heavy atom. The Balaban J connectivity index is 1.62. The smallest absolute Gasteiger partial charge is 0.228 e. The molecule has 0 aliphatic carbocycles. The molecule has 24 heavy (non-hydrogen) atoms. The molecule has 0 saturated carbocycles. The zero-order chi connectivity index (χ0) is 17.1. The molecule has 2 saturated heterocycles. The van der Waals surface area contributed by atoms with Gasteiger partial charge in [0.15, 0.2) is 0 Å². The molecule has 130 valence electrons. The van der Waals surface area contributed by atoms with Crippen molar-refractivity contribution in [3.8, 4) is 0 Å². The number of amides is 2. The van der Waals surface area contributed by atoms with Crippen LogP contribution in [0.3, 0.4) is 0 Å². The van der Waals surface area contributed by atoms with Gasteiger partial charge in [0.1, 0.15) is 0 Å². The highest BCUT2D eigenvalue weighted by molar-refractivity contribution is 6.00. The van der Waals surface area contributed by atoms with Crippen molar-refractivity contribution in [1.29, 1.82) is 0 Å². The van der Waals surface area contributed by atoms with Gasteiger partial charge < -0.3 is 14.5 Å². The van der Waals surface area contributed by atoms with Crippen LogP contribution >= 0.6 is 0 Å². The number of piperidine rings is 1. The summed E-state index contributed by atoms with van der Waals surface area (Å²) in [6, 6.07) is 8.06. The highest BCUT2D eigenvalue weighted by Crippen LogP contribution is 2.27. The van der Waals surface area contributed by atoms with Crippen molar-refractivity contribution >= 4 is 17.5 Å². The van der Waals surface area contributed by atoms with Crippen molar-refractivity contribution in [1.82, 2.24) is 4.90 Å². The molecule has 1 atom stereocenters. The van der Waals surface area contributed by atoms with E-state index in [0.29, 0.717) is 13.0 Å². The molecule has 2 aliphatic heterocycles. The normalized spacial score (nSPS) is 22.2. The van der Waals surface area contributed by atoms with Gasteiger partial charge in [-0.05, 0) is 37.0 Å². The van der Waals surface area contributed by atoms with E-state index in [1.165, 1.54) is 5.56 Å². The minimum absolute atomic E-state index is 0.0457. The number of ether oxygens (including phenoxy) is 1. The topological polar surface area (TPSA) is 49.9 Å². The van der Waals surface area contributed by atoms with E-state index in [-0.39, 0.29) is 23.8 Å². The highest BCUT2D eigenvalue weighted by Gasteiger charge is 2.38. The van der Waals surface area contributed by atoms with Crippen LogP contribution in [0.15, 0.2) is 24.3 Å². The lowest BCUT2D eigenvalue weighted by Gasteiger charge is -2.32. The fourth-order valence-corrected chi connectivity index (χ4v) is 3.60. The number of anilines is 1. The molecule has 2 heterocycles. The highest BCUT2D eigenvalue weighted by atomic mass is 16.5. The zero-order valence-corrected chi connectivity index (χ0v) is 14.5. The van der Waals surface area contributed by atoms with Gasteiger partial charge in [0.05, 0.1) is 12.0 Å². The van der Waals surface area contributed by atoms with E-state index in [2.05, 4.69) is 6.92 Å². The number of hydrogen-bond acceptors (Lipinski definition) is 3. The summed E-state index contributed by atoms with van der Waals surface area (Å²) in [6.45, 7) is 4.06. The number of nitrogens with zero attached hydrogens (tertiary/aromatic N) is 2. The quantitative estimate of drug-likeness (QED) is 0.851. The van der Waals surface area contributed by atoms with Gasteiger partial charge in [-0.25, -0.2) is 0 Å². The van der Waals surface area contributed by atoms with Gasteiger partial charge >= 0.3 is 0 Å². The summed E-state index contributed by atoms with van der Waals surface area (Å²) in [6.07, 6.45) is 3.31. The van der Waals surface area contributed by atoms with E-state index in [1.54, 1.807) is 12.0 Å². The lowest BCUT2D eigenvalue weighted by molar-refractivity contribution is -0.138. The van der Waals surface area contributed by atoms with E-state index >= 15 is 0 Å². The number of aryl methyl sites for hydroxylation is 1. The Kier molecular flexibility index (Phi) is 5.19. The van der Waals surface area contributed by atoms with Crippen LogP contribution in [0.2, 0.25) is 0 Å². The lowest BCUT2D eigenvalue weighted by Crippen LogP contribution is -2.44. The number of carbonyl (C=O) groups excluding carboxylic acids is 2. The fraction of sp³-hybridized carbons (Fsp3) is 0.579. The van der Waals surface area contributed by atoms with Crippen molar-refractivity contribution < 1.29 is 14.3 Å². The molecule has 2 amide bonds. The lowest BCUT2D eigenvalue weighted by atomic mass is 10.0. The average Bonchev–Trinajstić information content (AvgIpc) is 3.03. The molecule has 0 spiro atoms. The summed E-state index contributed by atoms with van der Waals surface area (Å²) in [5.74, 6) is -0.0580. The first-order valence-electron chi connectivity index (χ1n) is 8.83. The van der Waals surface area contributed by atoms with Crippen molar-refractivity contribution in [3.05, 3.63) is 29.8 Å². The van der Waals surface area contributed by atoms with Crippen LogP contribution in [0, 0.1) is 5.92 Å². The number of benzene rings is 1. The van der Waals surface area contributed by atoms with Crippen LogP contribution < -0.4 is 4.90 Å². The summed E-state index contributed by atoms with van der Waals surface area (Å²) in [4.78, 5) is 28.7. The molecular formula is C19H26N2O3. The molecular weight excluding hydrogens is 304 g/mol. The molecule has 1 unspecified atom stereocenters. The Labute approximate surface area is 143 Å². The molecule has 0 aromatic heterocycles. The molecule has 1 aromatic rings. The zero-order valence-electron chi connectivity index (χ0n) is 14.5. The fourth-order valence-electron chi connectivity index (χ4n) is 3.60.